The monoisotopic (exact) mass is 430 g/mol. The molecule has 0 fully saturated rings. The van der Waals surface area contributed by atoms with Gasteiger partial charge in [-0.15, -0.1) is 0 Å². The molecule has 6 nitrogen and oxygen atoms in total. The average molecular weight is 430 g/mol. The summed E-state index contributed by atoms with van der Waals surface area (Å²) in [6.45, 7) is 5.49. The van der Waals surface area contributed by atoms with Crippen LogP contribution in [0.15, 0.2) is 60.8 Å². The Kier molecular flexibility index (Phi) is 5.67. The van der Waals surface area contributed by atoms with Gasteiger partial charge in [0.2, 0.25) is 5.95 Å². The van der Waals surface area contributed by atoms with Gasteiger partial charge in [0.25, 0.3) is 5.91 Å². The Morgan fingerprint density at radius 3 is 2.59 bits per heavy atom. The number of rotatable bonds is 5. The minimum Gasteiger partial charge on any atom is -0.386 e. The number of pyridine rings is 3. The number of nitrogens with zero attached hydrogens (tertiary/aromatic N) is 3. The fraction of sp³-hybridized carbons (Fsp3) is 0.200. The van der Waals surface area contributed by atoms with Crippen LogP contribution in [0.5, 0.6) is 0 Å². The molecular weight excluding hydrogens is 407 g/mol. The van der Waals surface area contributed by atoms with Gasteiger partial charge in [-0.05, 0) is 74.4 Å². The van der Waals surface area contributed by atoms with Crippen molar-refractivity contribution in [3.05, 3.63) is 89.1 Å². The topological polar surface area (TPSA) is 88.0 Å². The van der Waals surface area contributed by atoms with Gasteiger partial charge in [-0.25, -0.2) is 9.97 Å². The molecule has 0 radical (unpaired) electrons. The summed E-state index contributed by atoms with van der Waals surface area (Å²) >= 11 is 0. The van der Waals surface area contributed by atoms with Gasteiger partial charge < -0.3 is 10.4 Å². The first kappa shape index (κ1) is 21.5. The number of nitrogens with one attached hydrogen (secondary N) is 1. The number of aromatic nitrogens is 3. The molecule has 4 rings (SSSR count). The van der Waals surface area contributed by atoms with Crippen molar-refractivity contribution in [2.24, 2.45) is 0 Å². The van der Waals surface area contributed by atoms with Crippen LogP contribution in [-0.4, -0.2) is 26.0 Å². The van der Waals surface area contributed by atoms with E-state index < -0.39 is 11.5 Å². The predicted octanol–water partition coefficient (Wildman–Crippen LogP) is 4.30. The smallest absolute Gasteiger partial charge is 0.251 e. The third-order valence-corrected chi connectivity index (χ3v) is 5.20. The number of benzene rings is 1. The van der Waals surface area contributed by atoms with E-state index in [2.05, 4.69) is 20.3 Å². The Balaban J connectivity index is 1.54. The molecule has 0 aliphatic heterocycles. The second-order valence-corrected chi connectivity index (χ2v) is 8.18. The number of hydrogen-bond acceptors (Lipinski definition) is 5. The van der Waals surface area contributed by atoms with E-state index in [1.165, 1.54) is 6.07 Å². The number of fused-ring (bicyclic) bond motifs is 1. The van der Waals surface area contributed by atoms with Crippen LogP contribution < -0.4 is 5.32 Å². The second kappa shape index (κ2) is 8.43. The van der Waals surface area contributed by atoms with Crippen LogP contribution in [0.1, 0.15) is 41.0 Å². The van der Waals surface area contributed by atoms with E-state index in [1.807, 2.05) is 19.1 Å². The summed E-state index contributed by atoms with van der Waals surface area (Å²) in [6.07, 6.45) is 1.69. The molecule has 0 spiro atoms. The van der Waals surface area contributed by atoms with Gasteiger partial charge in [-0.1, -0.05) is 12.1 Å². The van der Waals surface area contributed by atoms with Gasteiger partial charge in [-0.3, -0.25) is 9.78 Å². The average Bonchev–Trinajstić information content (AvgIpc) is 2.76. The summed E-state index contributed by atoms with van der Waals surface area (Å²) < 4.78 is 13.5. The van der Waals surface area contributed by atoms with Gasteiger partial charge in [0, 0.05) is 17.1 Å². The van der Waals surface area contributed by atoms with Gasteiger partial charge in [0.1, 0.15) is 0 Å². The molecule has 1 amide bonds. The number of aliphatic hydroxyl groups is 1. The lowest BCUT2D eigenvalue weighted by atomic mass is 9.92. The fourth-order valence-corrected chi connectivity index (χ4v) is 3.54. The second-order valence-electron chi connectivity index (χ2n) is 8.18. The summed E-state index contributed by atoms with van der Waals surface area (Å²) in [5.74, 6) is -0.825. The number of aryl methyl sites for hydroxylation is 1. The van der Waals surface area contributed by atoms with Crippen molar-refractivity contribution in [3.8, 4) is 11.4 Å². The molecule has 3 heterocycles. The highest BCUT2D eigenvalue weighted by molar-refractivity contribution is 5.94. The van der Waals surface area contributed by atoms with Gasteiger partial charge >= 0.3 is 0 Å². The van der Waals surface area contributed by atoms with Crippen LogP contribution in [0, 0.1) is 12.9 Å². The van der Waals surface area contributed by atoms with Crippen molar-refractivity contribution < 1.29 is 14.3 Å². The molecule has 0 bridgehead atoms. The zero-order chi connectivity index (χ0) is 22.9. The summed E-state index contributed by atoms with van der Waals surface area (Å²) in [5.41, 5.74) is 3.35. The molecule has 32 heavy (non-hydrogen) atoms. The molecule has 7 heteroatoms. The largest absolute Gasteiger partial charge is 0.386 e. The molecule has 0 unspecified atom stereocenters. The van der Waals surface area contributed by atoms with Gasteiger partial charge in [0.15, 0.2) is 0 Å². The summed E-state index contributed by atoms with van der Waals surface area (Å²) in [4.78, 5) is 25.5. The SMILES string of the molecule is Cc1ccc(C(=O)NCc2cc3nc(-c4cccc(F)n4)ccc3cn2)cc1C(C)(C)O. The first-order valence-corrected chi connectivity index (χ1v) is 10.2. The lowest BCUT2D eigenvalue weighted by Gasteiger charge is -2.21. The van der Waals surface area contributed by atoms with Crippen LogP contribution in [0.3, 0.4) is 0 Å². The molecular formula is C25H23FN4O2. The maximum atomic E-state index is 13.5. The Bertz CT molecular complexity index is 1320. The number of carbonyl (C=O) groups excluding carboxylic acids is 1. The first-order chi connectivity index (χ1) is 15.2. The summed E-state index contributed by atoms with van der Waals surface area (Å²) in [5, 5.41) is 14.0. The van der Waals surface area contributed by atoms with E-state index >= 15 is 0 Å². The van der Waals surface area contributed by atoms with Gasteiger partial charge in [0.05, 0.1) is 34.7 Å². The lowest BCUT2D eigenvalue weighted by molar-refractivity contribution is 0.0777. The number of carbonyl (C=O) groups is 1. The Morgan fingerprint density at radius 2 is 1.84 bits per heavy atom. The van der Waals surface area contributed by atoms with E-state index in [4.69, 9.17) is 0 Å². The molecule has 4 aromatic rings. The molecule has 0 saturated carbocycles. The summed E-state index contributed by atoms with van der Waals surface area (Å²) in [6, 6.07) is 15.2. The molecule has 1 aromatic carbocycles. The standard InChI is InChI=1S/C25H23FN4O2/c1-15-7-8-16(11-19(15)25(2,3)32)24(31)28-14-18-12-22-17(13-27-18)9-10-21(29-22)20-5-4-6-23(26)30-20/h4-13,32H,14H2,1-3H3,(H,28,31). The maximum Gasteiger partial charge on any atom is 0.251 e. The summed E-state index contributed by atoms with van der Waals surface area (Å²) in [7, 11) is 0. The molecule has 0 aliphatic rings. The highest BCUT2D eigenvalue weighted by Crippen LogP contribution is 2.24. The van der Waals surface area contributed by atoms with E-state index in [-0.39, 0.29) is 12.5 Å². The van der Waals surface area contributed by atoms with Crippen molar-refractivity contribution in [2.75, 3.05) is 0 Å². The number of halogens is 1. The van der Waals surface area contributed by atoms with E-state index in [9.17, 15) is 14.3 Å². The molecule has 162 valence electrons. The number of hydrogen-bond donors (Lipinski definition) is 2. The highest BCUT2D eigenvalue weighted by atomic mass is 19.1. The molecule has 2 N–H and O–H groups in total. The van der Waals surface area contributed by atoms with Crippen molar-refractivity contribution in [2.45, 2.75) is 32.9 Å². The van der Waals surface area contributed by atoms with Crippen molar-refractivity contribution in [3.63, 3.8) is 0 Å². The van der Waals surface area contributed by atoms with Gasteiger partial charge in [-0.2, -0.15) is 4.39 Å². The minimum absolute atomic E-state index is 0.213. The molecule has 0 saturated heterocycles. The van der Waals surface area contributed by atoms with Crippen LogP contribution in [0.25, 0.3) is 22.3 Å². The fourth-order valence-electron chi connectivity index (χ4n) is 3.54. The first-order valence-electron chi connectivity index (χ1n) is 10.2. The zero-order valence-electron chi connectivity index (χ0n) is 18.1. The third kappa shape index (κ3) is 4.63. The number of amides is 1. The Morgan fingerprint density at radius 1 is 1.06 bits per heavy atom. The van der Waals surface area contributed by atoms with Crippen molar-refractivity contribution >= 4 is 16.8 Å². The zero-order valence-corrected chi connectivity index (χ0v) is 18.1. The van der Waals surface area contributed by atoms with Crippen LogP contribution in [-0.2, 0) is 12.1 Å². The van der Waals surface area contributed by atoms with Crippen LogP contribution in [0.4, 0.5) is 4.39 Å². The third-order valence-electron chi connectivity index (χ3n) is 5.20. The molecule has 0 aliphatic carbocycles. The van der Waals surface area contributed by atoms with E-state index in [1.54, 1.807) is 56.4 Å². The highest BCUT2D eigenvalue weighted by Gasteiger charge is 2.20. The quantitative estimate of drug-likeness (QED) is 0.461. The normalized spacial score (nSPS) is 11.5. The van der Waals surface area contributed by atoms with E-state index in [0.29, 0.717) is 33.7 Å². The van der Waals surface area contributed by atoms with Crippen molar-refractivity contribution in [1.29, 1.82) is 0 Å². The molecule has 0 atom stereocenters. The lowest BCUT2D eigenvalue weighted by Crippen LogP contribution is -2.25. The van der Waals surface area contributed by atoms with Crippen LogP contribution >= 0.6 is 0 Å². The molecule has 3 aromatic heterocycles. The predicted molar refractivity (Wildman–Crippen MR) is 120 cm³/mol. The van der Waals surface area contributed by atoms with Crippen molar-refractivity contribution in [1.82, 2.24) is 20.3 Å². The Hall–Kier alpha value is -3.71. The Labute approximate surface area is 185 Å². The maximum absolute atomic E-state index is 13.5. The van der Waals surface area contributed by atoms with Crippen LogP contribution in [0.2, 0.25) is 0 Å². The minimum atomic E-state index is -1.04. The van der Waals surface area contributed by atoms with E-state index in [0.717, 1.165) is 10.9 Å².